The highest BCUT2D eigenvalue weighted by Crippen LogP contribution is 2.51. The Kier molecular flexibility index (Phi) is 17.5. The Hall–Kier alpha value is -5.62. The molecule has 3 aliphatic rings. The first-order valence-corrected chi connectivity index (χ1v) is 26.0. The van der Waals surface area contributed by atoms with E-state index in [-0.39, 0.29) is 16.8 Å². The van der Waals surface area contributed by atoms with Gasteiger partial charge in [-0.05, 0) is 190 Å². The number of phenolic OH excluding ortho intramolecular Hbond substituents is 3. The van der Waals surface area contributed by atoms with E-state index in [9.17, 15) is 15.3 Å². The van der Waals surface area contributed by atoms with Crippen LogP contribution in [0.5, 0.6) is 34.5 Å². The number of allylic oxidation sites excluding steroid dienone is 2. The van der Waals surface area contributed by atoms with Crippen LogP contribution in [0.1, 0.15) is 184 Å². The summed E-state index contributed by atoms with van der Waals surface area (Å²) >= 11 is 0. The molecule has 8 rings (SSSR count). The molecule has 370 valence electrons. The van der Waals surface area contributed by atoms with Crippen LogP contribution >= 0.6 is 0 Å². The number of aromatic hydroxyl groups is 3. The van der Waals surface area contributed by atoms with Crippen molar-refractivity contribution in [3.8, 4) is 56.8 Å². The molecule has 0 aromatic heterocycles. The maximum atomic E-state index is 10.6. The molecular formula is C63H82O6. The zero-order valence-corrected chi connectivity index (χ0v) is 44.1. The Balaban J connectivity index is 0.000000170. The van der Waals surface area contributed by atoms with E-state index in [1.165, 1.54) is 55.2 Å². The largest absolute Gasteiger partial charge is 0.507 e. The third-order valence-corrected chi connectivity index (χ3v) is 13.7. The van der Waals surface area contributed by atoms with Crippen LogP contribution in [0, 0.1) is 13.8 Å². The first-order valence-electron chi connectivity index (χ1n) is 26.0. The Morgan fingerprint density at radius 1 is 0.522 bits per heavy atom. The number of hydrogen-bond donors (Lipinski definition) is 3. The molecule has 0 saturated heterocycles. The van der Waals surface area contributed by atoms with Crippen LogP contribution in [0.15, 0.2) is 90.5 Å². The van der Waals surface area contributed by atoms with Gasteiger partial charge in [0.25, 0.3) is 0 Å². The summed E-state index contributed by atoms with van der Waals surface area (Å²) in [6.07, 6.45) is 21.9. The lowest BCUT2D eigenvalue weighted by atomic mass is 9.84. The van der Waals surface area contributed by atoms with Crippen LogP contribution < -0.4 is 14.2 Å². The number of aryl methyl sites for hydroxylation is 5. The van der Waals surface area contributed by atoms with Crippen molar-refractivity contribution in [2.75, 3.05) is 0 Å². The first kappa shape index (κ1) is 52.7. The molecule has 1 unspecified atom stereocenters. The van der Waals surface area contributed by atoms with Crippen molar-refractivity contribution >= 4 is 6.08 Å². The van der Waals surface area contributed by atoms with E-state index in [0.717, 1.165) is 124 Å². The van der Waals surface area contributed by atoms with Gasteiger partial charge in [0, 0.05) is 11.1 Å². The minimum Gasteiger partial charge on any atom is -0.507 e. The Morgan fingerprint density at radius 3 is 1.36 bits per heavy atom. The molecular weight excluding hydrogens is 853 g/mol. The lowest BCUT2D eigenvalue weighted by Crippen LogP contribution is -2.31. The van der Waals surface area contributed by atoms with E-state index in [2.05, 4.69) is 150 Å². The number of rotatable bonds is 15. The fourth-order valence-corrected chi connectivity index (χ4v) is 9.87. The van der Waals surface area contributed by atoms with Crippen molar-refractivity contribution in [2.24, 2.45) is 0 Å². The average molecular weight is 935 g/mol. The number of phenols is 3. The minimum atomic E-state index is -0.384. The van der Waals surface area contributed by atoms with Gasteiger partial charge in [-0.15, -0.1) is 0 Å². The van der Waals surface area contributed by atoms with Gasteiger partial charge in [0.15, 0.2) is 0 Å². The Bertz CT molecular complexity index is 2500. The summed E-state index contributed by atoms with van der Waals surface area (Å²) < 4.78 is 18.8. The number of ether oxygens (including phenoxy) is 3. The van der Waals surface area contributed by atoms with Crippen LogP contribution in [-0.4, -0.2) is 20.9 Å². The van der Waals surface area contributed by atoms with Crippen LogP contribution in [0.4, 0.5) is 0 Å². The van der Waals surface area contributed by atoms with Crippen LogP contribution in [0.3, 0.4) is 0 Å². The fourth-order valence-electron chi connectivity index (χ4n) is 9.87. The molecule has 0 aliphatic carbocycles. The smallest absolute Gasteiger partial charge is 0.132 e. The zero-order valence-electron chi connectivity index (χ0n) is 44.1. The van der Waals surface area contributed by atoms with Crippen molar-refractivity contribution in [1.82, 2.24) is 0 Å². The quantitative estimate of drug-likeness (QED) is 0.0716. The predicted molar refractivity (Wildman–Crippen MR) is 288 cm³/mol. The molecule has 3 N–H and O–H groups in total. The van der Waals surface area contributed by atoms with Gasteiger partial charge in [-0.25, -0.2) is 0 Å². The molecule has 3 aliphatic heterocycles. The molecule has 5 aromatic rings. The highest BCUT2D eigenvalue weighted by molar-refractivity contribution is 5.83. The molecule has 0 fully saturated rings. The zero-order chi connectivity index (χ0) is 50.1. The summed E-state index contributed by atoms with van der Waals surface area (Å²) in [6.45, 7) is 25.5. The average Bonchev–Trinajstić information content (AvgIpc) is 3.26. The number of fused-ring (bicyclic) bond motifs is 7. The van der Waals surface area contributed by atoms with E-state index in [4.69, 9.17) is 14.2 Å². The third kappa shape index (κ3) is 13.2. The predicted octanol–water partition coefficient (Wildman–Crippen LogP) is 17.5. The van der Waals surface area contributed by atoms with Gasteiger partial charge in [-0.3, -0.25) is 0 Å². The molecule has 69 heavy (non-hydrogen) atoms. The fraction of sp³-hybridized carbons (Fsp3) is 0.460. The van der Waals surface area contributed by atoms with E-state index in [0.29, 0.717) is 17.2 Å². The highest BCUT2D eigenvalue weighted by atomic mass is 16.5. The highest BCUT2D eigenvalue weighted by Gasteiger charge is 2.36. The van der Waals surface area contributed by atoms with E-state index < -0.39 is 0 Å². The summed E-state index contributed by atoms with van der Waals surface area (Å²) in [5.41, 5.74) is 13.1. The minimum absolute atomic E-state index is 0.298. The number of hydrogen-bond acceptors (Lipinski definition) is 6. The van der Waals surface area contributed by atoms with Crippen molar-refractivity contribution in [3.63, 3.8) is 0 Å². The third-order valence-electron chi connectivity index (χ3n) is 13.7. The summed E-state index contributed by atoms with van der Waals surface area (Å²) in [6, 6.07) is 24.7. The summed E-state index contributed by atoms with van der Waals surface area (Å²) in [7, 11) is 0. The number of unbranched alkanes of at least 4 members (excludes halogenated alkanes) is 6. The molecule has 0 radical (unpaired) electrons. The molecule has 0 saturated carbocycles. The van der Waals surface area contributed by atoms with Crippen LogP contribution in [0.2, 0.25) is 0 Å². The molecule has 1 atom stereocenters. The maximum Gasteiger partial charge on any atom is 0.132 e. The molecule has 0 amide bonds. The van der Waals surface area contributed by atoms with Gasteiger partial charge in [0.1, 0.15) is 51.3 Å². The van der Waals surface area contributed by atoms with Crippen LogP contribution in [-0.2, 0) is 30.5 Å². The summed E-state index contributed by atoms with van der Waals surface area (Å²) in [5, 5.41) is 31.5. The van der Waals surface area contributed by atoms with Gasteiger partial charge in [-0.2, -0.15) is 0 Å². The van der Waals surface area contributed by atoms with Gasteiger partial charge in [0.05, 0.1) is 16.7 Å². The van der Waals surface area contributed by atoms with Crippen molar-refractivity contribution in [2.45, 2.75) is 190 Å². The number of benzene rings is 5. The Labute approximate surface area is 415 Å². The standard InChI is InChI=1S/2C21H26O2.C21H30O2/c2*1-5-6-7-8-15-12-18(22)20-16-11-14(2)9-10-17(16)21(3,4)23-19(20)13-15;1-5-6-7-10-17-14-19(22)18-11-13-21(4,23-20(18)15-17)12-8-9-16(2)3/h2*9-13,22H,5-8H2,1-4H3;9,11,13-15,22H,5-8,10,12H2,1-4H3. The molecule has 3 heterocycles. The SMILES string of the molecule is CCCCCc1cc(O)c2c(c1)OC(C)(C)c1ccc(C)cc1-2.CCCCCc1cc(O)c2c(c1)OC(C)(C)c1ccc(C)cc1-2.CCCCCc1cc(O)c2c(c1)OC(C)(CCC=C(C)C)C=C2. The van der Waals surface area contributed by atoms with Gasteiger partial charge in [-0.1, -0.05) is 118 Å². The first-order chi connectivity index (χ1) is 32.8. The second-order valence-corrected chi connectivity index (χ2v) is 21.3. The molecule has 0 bridgehead atoms. The molecule has 0 spiro atoms. The molecule has 5 aromatic carbocycles. The normalized spacial score (nSPS) is 16.2. The topological polar surface area (TPSA) is 88.4 Å². The lowest BCUT2D eigenvalue weighted by Gasteiger charge is -2.35. The van der Waals surface area contributed by atoms with Gasteiger partial charge in [0.2, 0.25) is 0 Å². The monoisotopic (exact) mass is 935 g/mol. The maximum absolute atomic E-state index is 10.6. The Morgan fingerprint density at radius 2 is 0.942 bits per heavy atom. The molecule has 6 heteroatoms. The molecule has 6 nitrogen and oxygen atoms in total. The second-order valence-electron chi connectivity index (χ2n) is 21.3. The van der Waals surface area contributed by atoms with E-state index in [1.54, 1.807) is 0 Å². The van der Waals surface area contributed by atoms with E-state index in [1.807, 2.05) is 24.3 Å². The summed E-state index contributed by atoms with van der Waals surface area (Å²) in [4.78, 5) is 0. The lowest BCUT2D eigenvalue weighted by molar-refractivity contribution is 0.105. The van der Waals surface area contributed by atoms with Gasteiger partial charge < -0.3 is 29.5 Å². The van der Waals surface area contributed by atoms with E-state index >= 15 is 0 Å². The van der Waals surface area contributed by atoms with Crippen LogP contribution in [0.25, 0.3) is 28.3 Å². The van der Waals surface area contributed by atoms with Crippen molar-refractivity contribution in [3.05, 3.63) is 135 Å². The second kappa shape index (κ2) is 22.9. The van der Waals surface area contributed by atoms with Crippen molar-refractivity contribution < 1.29 is 29.5 Å². The summed E-state index contributed by atoms with van der Waals surface area (Å²) in [5.74, 6) is 3.42. The van der Waals surface area contributed by atoms with Gasteiger partial charge >= 0.3 is 0 Å². The van der Waals surface area contributed by atoms with Crippen molar-refractivity contribution in [1.29, 1.82) is 0 Å².